The molecule has 0 bridgehead atoms. The fourth-order valence-corrected chi connectivity index (χ4v) is 3.53. The lowest BCUT2D eigenvalue weighted by Gasteiger charge is -2.39. The van der Waals surface area contributed by atoms with Gasteiger partial charge in [-0.15, -0.1) is 5.21 Å². The quantitative estimate of drug-likeness (QED) is 0.714. The maximum absolute atomic E-state index is 13.2. The molecule has 2 aromatic heterocycles. The number of quaternary nitrogens is 1. The van der Waals surface area contributed by atoms with Crippen LogP contribution in [0.4, 0.5) is 0 Å². The van der Waals surface area contributed by atoms with Crippen LogP contribution >= 0.6 is 0 Å². The summed E-state index contributed by atoms with van der Waals surface area (Å²) >= 11 is 0. The van der Waals surface area contributed by atoms with Crippen LogP contribution in [0.15, 0.2) is 55.6 Å². The van der Waals surface area contributed by atoms with Crippen molar-refractivity contribution in [2.24, 2.45) is 0 Å². The van der Waals surface area contributed by atoms with E-state index >= 15 is 0 Å². The molecular formula is C19H23N6O2. The molecule has 1 aliphatic rings. The second-order valence-corrected chi connectivity index (χ2v) is 8.00. The lowest BCUT2D eigenvalue weighted by atomic mass is 9.84. The van der Waals surface area contributed by atoms with E-state index < -0.39 is 17.2 Å². The zero-order valence-electron chi connectivity index (χ0n) is 15.8. The van der Waals surface area contributed by atoms with Crippen molar-refractivity contribution in [3.05, 3.63) is 66.4 Å². The molecule has 1 aromatic carbocycles. The number of hydroxylamine groups is 4. The van der Waals surface area contributed by atoms with Gasteiger partial charge in [-0.05, 0) is 45.9 Å². The smallest absolute Gasteiger partial charge is 0.196 e. The number of aromatic nitrogens is 4. The number of hydrogen-bond donors (Lipinski definition) is 1. The maximum atomic E-state index is 13.2. The minimum atomic E-state index is -0.847. The third kappa shape index (κ3) is 2.61. The molecule has 1 saturated heterocycles. The van der Waals surface area contributed by atoms with Crippen LogP contribution in [0, 0.1) is 5.21 Å². The summed E-state index contributed by atoms with van der Waals surface area (Å²) in [5, 5.41) is 27.2. The number of benzene rings is 1. The molecule has 0 saturated carbocycles. The molecule has 0 amide bonds. The first-order chi connectivity index (χ1) is 12.7. The Labute approximate surface area is 157 Å². The van der Waals surface area contributed by atoms with E-state index in [1.165, 1.54) is 0 Å². The highest BCUT2D eigenvalue weighted by atomic mass is 16.6. The molecule has 4 rings (SSSR count). The van der Waals surface area contributed by atoms with E-state index in [0.29, 0.717) is 5.56 Å². The van der Waals surface area contributed by atoms with Gasteiger partial charge >= 0.3 is 0 Å². The first-order valence-electron chi connectivity index (χ1n) is 8.86. The van der Waals surface area contributed by atoms with Crippen molar-refractivity contribution in [2.75, 3.05) is 0 Å². The predicted molar refractivity (Wildman–Crippen MR) is 98.4 cm³/mol. The third-order valence-corrected chi connectivity index (χ3v) is 6.03. The summed E-state index contributed by atoms with van der Waals surface area (Å²) in [5.41, 5.74) is 0.785. The Morgan fingerprint density at radius 2 is 1.48 bits per heavy atom. The van der Waals surface area contributed by atoms with Crippen LogP contribution in [0.2, 0.25) is 0 Å². The van der Waals surface area contributed by atoms with Gasteiger partial charge in [0.1, 0.15) is 11.1 Å². The lowest BCUT2D eigenvalue weighted by Crippen LogP contribution is -3.14. The Hall–Kier alpha value is -2.52. The molecular weight excluding hydrogens is 344 g/mol. The van der Waals surface area contributed by atoms with Gasteiger partial charge in [0.15, 0.2) is 6.17 Å². The van der Waals surface area contributed by atoms with Crippen LogP contribution in [0.1, 0.15) is 39.4 Å². The molecule has 1 fully saturated rings. The van der Waals surface area contributed by atoms with Gasteiger partial charge in [-0.2, -0.15) is 0 Å². The molecule has 3 heterocycles. The van der Waals surface area contributed by atoms with Gasteiger partial charge in [0.2, 0.25) is 0 Å². The standard InChI is InChI=1S/C19H23N6O2/c1-18(2)19(3,4)25(27)17(24(18)26)14-9-15(22-7-5-20-12-22)11-16(10-14)23-8-6-21-13-23/h5-13,17,24H,1-4H3. The number of nitrogens with zero attached hydrogens (tertiary/aromatic N) is 5. The van der Waals surface area contributed by atoms with E-state index in [-0.39, 0.29) is 5.06 Å². The summed E-state index contributed by atoms with van der Waals surface area (Å²) in [5.74, 6) is 0. The van der Waals surface area contributed by atoms with Gasteiger partial charge < -0.3 is 19.4 Å². The normalized spacial score (nSPS) is 24.4. The molecule has 27 heavy (non-hydrogen) atoms. The van der Waals surface area contributed by atoms with E-state index in [0.717, 1.165) is 16.4 Å². The first-order valence-corrected chi connectivity index (χ1v) is 8.86. The maximum Gasteiger partial charge on any atom is 0.196 e. The van der Waals surface area contributed by atoms with Crippen LogP contribution in [0.25, 0.3) is 11.4 Å². The van der Waals surface area contributed by atoms with Crippen molar-refractivity contribution >= 4 is 0 Å². The van der Waals surface area contributed by atoms with Crippen LogP contribution in [-0.2, 0) is 5.21 Å². The molecule has 1 N–H and O–H groups in total. The predicted octanol–water partition coefficient (Wildman–Crippen LogP) is 1.66. The topological polar surface area (TPSA) is 86.3 Å². The Balaban J connectivity index is 1.88. The fraction of sp³-hybridized carbons (Fsp3) is 0.368. The van der Waals surface area contributed by atoms with Crippen molar-refractivity contribution in [1.29, 1.82) is 0 Å². The van der Waals surface area contributed by atoms with E-state index in [2.05, 4.69) is 9.97 Å². The second-order valence-electron chi connectivity index (χ2n) is 8.00. The summed E-state index contributed by atoms with van der Waals surface area (Å²) in [4.78, 5) is 8.20. The molecule has 1 radical (unpaired) electrons. The van der Waals surface area contributed by atoms with Crippen molar-refractivity contribution in [2.45, 2.75) is 44.9 Å². The average molecular weight is 367 g/mol. The van der Waals surface area contributed by atoms with Crippen molar-refractivity contribution in [3.63, 3.8) is 0 Å². The zero-order chi connectivity index (χ0) is 19.4. The molecule has 0 spiro atoms. The summed E-state index contributed by atoms with van der Waals surface area (Å²) in [6.07, 6.45) is 9.58. The van der Waals surface area contributed by atoms with Gasteiger partial charge in [0.05, 0.1) is 12.7 Å². The Morgan fingerprint density at radius 1 is 0.963 bits per heavy atom. The zero-order valence-corrected chi connectivity index (χ0v) is 15.8. The van der Waals surface area contributed by atoms with E-state index in [9.17, 15) is 10.4 Å². The fourth-order valence-electron chi connectivity index (χ4n) is 3.53. The van der Waals surface area contributed by atoms with Crippen LogP contribution < -0.4 is 5.06 Å². The highest BCUT2D eigenvalue weighted by molar-refractivity contribution is 5.48. The number of imidazole rings is 2. The van der Waals surface area contributed by atoms with E-state index in [1.807, 2.05) is 67.4 Å². The van der Waals surface area contributed by atoms with Crippen LogP contribution in [-0.4, -0.2) is 35.2 Å². The van der Waals surface area contributed by atoms with Crippen molar-refractivity contribution in [3.8, 4) is 11.4 Å². The molecule has 1 aliphatic heterocycles. The summed E-state index contributed by atoms with van der Waals surface area (Å²) in [6.45, 7) is 7.34. The molecule has 2 atom stereocenters. The molecule has 2 unspecified atom stereocenters. The minimum Gasteiger partial charge on any atom is -0.632 e. The van der Waals surface area contributed by atoms with Gasteiger partial charge in [-0.1, -0.05) is 5.06 Å². The average Bonchev–Trinajstić information content (AvgIpc) is 3.36. The Kier molecular flexibility index (Phi) is 3.97. The van der Waals surface area contributed by atoms with Crippen molar-refractivity contribution in [1.82, 2.24) is 24.2 Å². The van der Waals surface area contributed by atoms with Gasteiger partial charge in [-0.3, -0.25) is 0 Å². The van der Waals surface area contributed by atoms with E-state index in [1.54, 1.807) is 25.0 Å². The highest BCUT2D eigenvalue weighted by Crippen LogP contribution is 2.37. The summed E-state index contributed by atoms with van der Waals surface area (Å²) < 4.78 is 3.71. The Morgan fingerprint density at radius 3 is 1.85 bits per heavy atom. The number of rotatable bonds is 3. The van der Waals surface area contributed by atoms with E-state index in [4.69, 9.17) is 0 Å². The van der Waals surface area contributed by atoms with Crippen LogP contribution in [0.3, 0.4) is 0 Å². The Bertz CT molecular complexity index is 861. The summed E-state index contributed by atoms with van der Waals surface area (Å²) in [6, 6.07) is 5.73. The molecule has 0 aliphatic carbocycles. The minimum absolute atomic E-state index is 0.0677. The highest BCUT2D eigenvalue weighted by Gasteiger charge is 2.60. The number of nitrogens with one attached hydrogen (secondary N) is 1. The van der Waals surface area contributed by atoms with Gasteiger partial charge in [0, 0.05) is 41.7 Å². The summed E-state index contributed by atoms with van der Waals surface area (Å²) in [7, 11) is 0. The SMILES string of the molecule is CC1(C)N([O])C(c2cc(-n3ccnc3)cc(-n3ccnc3)c2)[NH+]([O-])C1(C)C. The molecule has 141 valence electrons. The second kappa shape index (κ2) is 6.00. The third-order valence-electron chi connectivity index (χ3n) is 6.03. The first kappa shape index (κ1) is 17.9. The van der Waals surface area contributed by atoms with Crippen LogP contribution in [0.5, 0.6) is 0 Å². The molecule has 8 nitrogen and oxygen atoms in total. The molecule has 3 aromatic rings. The van der Waals surface area contributed by atoms with Crippen molar-refractivity contribution < 1.29 is 10.3 Å². The van der Waals surface area contributed by atoms with Gasteiger partial charge in [0.25, 0.3) is 0 Å². The number of hydrogen-bond acceptors (Lipinski definition) is 4. The largest absolute Gasteiger partial charge is 0.632 e. The lowest BCUT2D eigenvalue weighted by molar-refractivity contribution is -0.926. The molecule has 8 heteroatoms. The monoisotopic (exact) mass is 367 g/mol. The van der Waals surface area contributed by atoms with Gasteiger partial charge in [-0.25, -0.2) is 9.97 Å².